The fourth-order valence-electron chi connectivity index (χ4n) is 1.61. The van der Waals surface area contributed by atoms with Crippen LogP contribution in [0.1, 0.15) is 17.2 Å². The maximum atomic E-state index is 13.0. The van der Waals surface area contributed by atoms with E-state index in [1.807, 2.05) is 0 Å². The van der Waals surface area contributed by atoms with E-state index in [1.54, 1.807) is 29.2 Å². The van der Waals surface area contributed by atoms with E-state index in [2.05, 4.69) is 5.10 Å². The third-order valence-electron chi connectivity index (χ3n) is 2.52. The second kappa shape index (κ2) is 5.07. The van der Waals surface area contributed by atoms with Gasteiger partial charge in [-0.05, 0) is 17.7 Å². The number of hydrogen-bond acceptors (Lipinski definition) is 3. The molecule has 0 fully saturated rings. The van der Waals surface area contributed by atoms with Crippen molar-refractivity contribution < 1.29 is 9.50 Å². The summed E-state index contributed by atoms with van der Waals surface area (Å²) in [7, 11) is 0. The Bertz CT molecular complexity index is 498. The van der Waals surface area contributed by atoms with Crippen molar-refractivity contribution in [3.05, 3.63) is 53.6 Å². The number of hydrogen-bond donors (Lipinski definition) is 2. The summed E-state index contributed by atoms with van der Waals surface area (Å²) < 4.78 is 14.6. The largest absolute Gasteiger partial charge is 0.386 e. The van der Waals surface area contributed by atoms with Crippen molar-refractivity contribution in [2.24, 2.45) is 5.73 Å². The molecule has 1 atom stereocenters. The molecule has 3 N–H and O–H groups in total. The van der Waals surface area contributed by atoms with Crippen molar-refractivity contribution in [3.8, 4) is 0 Å². The number of halogens is 1. The van der Waals surface area contributed by atoms with Gasteiger partial charge in [0.05, 0.1) is 18.8 Å². The Balaban J connectivity index is 2.08. The molecule has 17 heavy (non-hydrogen) atoms. The van der Waals surface area contributed by atoms with Gasteiger partial charge in [-0.15, -0.1) is 0 Å². The molecule has 1 heterocycles. The van der Waals surface area contributed by atoms with Crippen LogP contribution in [-0.2, 0) is 13.1 Å². The third kappa shape index (κ3) is 2.89. The van der Waals surface area contributed by atoms with E-state index in [0.29, 0.717) is 12.1 Å². The first-order valence-corrected chi connectivity index (χ1v) is 5.34. The van der Waals surface area contributed by atoms with Crippen molar-refractivity contribution in [2.45, 2.75) is 19.2 Å². The van der Waals surface area contributed by atoms with Crippen LogP contribution in [0.15, 0.2) is 36.7 Å². The first-order chi connectivity index (χ1) is 8.19. The highest BCUT2D eigenvalue weighted by molar-refractivity contribution is 5.18. The molecule has 0 bridgehead atoms. The number of nitrogens with two attached hydrogens (primary N) is 1. The summed E-state index contributed by atoms with van der Waals surface area (Å²) in [5.74, 6) is -0.357. The van der Waals surface area contributed by atoms with Gasteiger partial charge in [-0.2, -0.15) is 5.10 Å². The number of aliphatic hydroxyl groups is 1. The van der Waals surface area contributed by atoms with Gasteiger partial charge in [0.2, 0.25) is 0 Å². The van der Waals surface area contributed by atoms with Gasteiger partial charge < -0.3 is 10.8 Å². The van der Waals surface area contributed by atoms with Crippen LogP contribution in [0.5, 0.6) is 0 Å². The molecule has 2 aromatic rings. The highest BCUT2D eigenvalue weighted by atomic mass is 19.1. The molecular formula is C12H14FN3O. The minimum Gasteiger partial charge on any atom is -0.386 e. The third-order valence-corrected chi connectivity index (χ3v) is 2.52. The van der Waals surface area contributed by atoms with E-state index in [1.165, 1.54) is 12.1 Å². The average molecular weight is 235 g/mol. The summed E-state index contributed by atoms with van der Waals surface area (Å²) in [6, 6.07) is 5.91. The van der Waals surface area contributed by atoms with Crippen LogP contribution in [-0.4, -0.2) is 14.9 Å². The molecule has 90 valence electrons. The van der Waals surface area contributed by atoms with Crippen LogP contribution < -0.4 is 5.73 Å². The summed E-state index contributed by atoms with van der Waals surface area (Å²) in [6.45, 7) is 0.694. The Kier molecular flexibility index (Phi) is 3.51. The summed E-state index contributed by atoms with van der Waals surface area (Å²) in [6.07, 6.45) is 2.64. The summed E-state index contributed by atoms with van der Waals surface area (Å²) >= 11 is 0. The van der Waals surface area contributed by atoms with Crippen LogP contribution >= 0.6 is 0 Å². The first kappa shape index (κ1) is 11.8. The number of benzene rings is 1. The van der Waals surface area contributed by atoms with Gasteiger partial charge in [-0.25, -0.2) is 4.39 Å². The molecule has 2 rings (SSSR count). The van der Waals surface area contributed by atoms with E-state index in [0.717, 1.165) is 5.56 Å². The molecule has 1 aromatic carbocycles. The normalized spacial score (nSPS) is 12.6. The molecule has 0 spiro atoms. The maximum absolute atomic E-state index is 13.0. The molecule has 0 aliphatic rings. The fourth-order valence-corrected chi connectivity index (χ4v) is 1.61. The van der Waals surface area contributed by atoms with Crippen molar-refractivity contribution in [1.29, 1.82) is 0 Å². The van der Waals surface area contributed by atoms with E-state index in [9.17, 15) is 9.50 Å². The Morgan fingerprint density at radius 3 is 2.94 bits per heavy atom. The maximum Gasteiger partial charge on any atom is 0.123 e. The van der Waals surface area contributed by atoms with Crippen molar-refractivity contribution in [1.82, 2.24) is 9.78 Å². The molecule has 0 radical (unpaired) electrons. The van der Waals surface area contributed by atoms with E-state index >= 15 is 0 Å². The zero-order valence-corrected chi connectivity index (χ0v) is 9.25. The summed E-state index contributed by atoms with van der Waals surface area (Å²) in [4.78, 5) is 0. The second-order valence-corrected chi connectivity index (χ2v) is 3.85. The average Bonchev–Trinajstić information content (AvgIpc) is 2.77. The molecule has 0 saturated carbocycles. The smallest absolute Gasteiger partial charge is 0.123 e. The van der Waals surface area contributed by atoms with Gasteiger partial charge in [0.25, 0.3) is 0 Å². The Labute approximate surface area is 98.5 Å². The summed E-state index contributed by atoms with van der Waals surface area (Å²) in [5, 5.41) is 14.0. The molecule has 0 amide bonds. The SMILES string of the molecule is NCc1cnn(CC(O)c2cccc(F)c2)c1. The fraction of sp³-hybridized carbons (Fsp3) is 0.250. The van der Waals surface area contributed by atoms with Gasteiger partial charge >= 0.3 is 0 Å². The zero-order valence-electron chi connectivity index (χ0n) is 9.25. The summed E-state index contributed by atoms with van der Waals surface area (Å²) in [5.41, 5.74) is 6.90. The molecule has 5 heteroatoms. The lowest BCUT2D eigenvalue weighted by Gasteiger charge is -2.10. The van der Waals surface area contributed by atoms with Gasteiger partial charge in [0, 0.05) is 18.3 Å². The minimum atomic E-state index is -0.781. The number of nitrogens with zero attached hydrogens (tertiary/aromatic N) is 2. The quantitative estimate of drug-likeness (QED) is 0.837. The lowest BCUT2D eigenvalue weighted by atomic mass is 10.1. The standard InChI is InChI=1S/C12H14FN3O/c13-11-3-1-2-10(4-11)12(17)8-16-7-9(5-14)6-15-16/h1-4,6-7,12,17H,5,8,14H2. The zero-order chi connectivity index (χ0) is 12.3. The van der Waals surface area contributed by atoms with Crippen molar-refractivity contribution >= 4 is 0 Å². The van der Waals surface area contributed by atoms with Crippen molar-refractivity contribution in [2.75, 3.05) is 0 Å². The van der Waals surface area contributed by atoms with E-state index in [4.69, 9.17) is 5.73 Å². The van der Waals surface area contributed by atoms with E-state index < -0.39 is 6.10 Å². The lowest BCUT2D eigenvalue weighted by Crippen LogP contribution is -2.09. The first-order valence-electron chi connectivity index (χ1n) is 5.34. The molecule has 0 aliphatic heterocycles. The number of aliphatic hydroxyl groups excluding tert-OH is 1. The van der Waals surface area contributed by atoms with Crippen LogP contribution in [0.4, 0.5) is 4.39 Å². The molecular weight excluding hydrogens is 221 g/mol. The Morgan fingerprint density at radius 2 is 2.29 bits per heavy atom. The predicted octanol–water partition coefficient (Wildman–Crippen LogP) is 1.21. The second-order valence-electron chi connectivity index (χ2n) is 3.85. The Hall–Kier alpha value is -1.72. The van der Waals surface area contributed by atoms with E-state index in [-0.39, 0.29) is 12.4 Å². The Morgan fingerprint density at radius 1 is 1.47 bits per heavy atom. The van der Waals surface area contributed by atoms with Gasteiger partial charge in [-0.1, -0.05) is 12.1 Å². The van der Waals surface area contributed by atoms with Gasteiger partial charge in [-0.3, -0.25) is 4.68 Å². The van der Waals surface area contributed by atoms with Crippen LogP contribution in [0, 0.1) is 5.82 Å². The minimum absolute atomic E-state index is 0.281. The van der Waals surface area contributed by atoms with Gasteiger partial charge in [0.1, 0.15) is 5.82 Å². The molecule has 1 aromatic heterocycles. The lowest BCUT2D eigenvalue weighted by molar-refractivity contribution is 0.151. The molecule has 0 aliphatic carbocycles. The number of rotatable bonds is 4. The van der Waals surface area contributed by atoms with Crippen LogP contribution in [0.3, 0.4) is 0 Å². The highest BCUT2D eigenvalue weighted by Gasteiger charge is 2.09. The molecule has 1 unspecified atom stereocenters. The predicted molar refractivity (Wildman–Crippen MR) is 61.5 cm³/mol. The van der Waals surface area contributed by atoms with Crippen molar-refractivity contribution in [3.63, 3.8) is 0 Å². The van der Waals surface area contributed by atoms with Crippen LogP contribution in [0.25, 0.3) is 0 Å². The molecule has 4 nitrogen and oxygen atoms in total. The van der Waals surface area contributed by atoms with Gasteiger partial charge in [0.15, 0.2) is 0 Å². The number of aromatic nitrogens is 2. The highest BCUT2D eigenvalue weighted by Crippen LogP contribution is 2.15. The topological polar surface area (TPSA) is 64.1 Å². The van der Waals surface area contributed by atoms with Crippen LogP contribution in [0.2, 0.25) is 0 Å². The molecule has 0 saturated heterocycles. The monoisotopic (exact) mass is 235 g/mol.